The summed E-state index contributed by atoms with van der Waals surface area (Å²) in [4.78, 5) is 11.8. The number of benzene rings is 1. The van der Waals surface area contributed by atoms with Crippen LogP contribution < -0.4 is 5.32 Å². The van der Waals surface area contributed by atoms with Crippen LogP contribution in [0.3, 0.4) is 0 Å². The van der Waals surface area contributed by atoms with Crippen molar-refractivity contribution in [1.29, 1.82) is 5.26 Å². The summed E-state index contributed by atoms with van der Waals surface area (Å²) >= 11 is 1.65. The molecule has 0 aliphatic carbocycles. The molecule has 0 amide bonds. The van der Waals surface area contributed by atoms with E-state index in [4.69, 9.17) is 5.26 Å². The first-order valence-electron chi connectivity index (χ1n) is 6.07. The second kappa shape index (κ2) is 6.17. The predicted molar refractivity (Wildman–Crippen MR) is 78.9 cm³/mol. The Morgan fingerprint density at radius 3 is 2.90 bits per heavy atom. The van der Waals surface area contributed by atoms with E-state index in [-0.39, 0.29) is 11.7 Å². The summed E-state index contributed by atoms with van der Waals surface area (Å²) in [5.41, 5.74) is 0.779. The summed E-state index contributed by atoms with van der Waals surface area (Å²) in [6.07, 6.45) is 0.783. The first-order valence-corrected chi connectivity index (χ1v) is 6.95. The summed E-state index contributed by atoms with van der Waals surface area (Å²) in [5.74, 6) is 0. The number of thiophene rings is 1. The topological polar surface area (TPSA) is 79.0 Å². The van der Waals surface area contributed by atoms with Gasteiger partial charge in [0.25, 0.3) is 5.69 Å². The van der Waals surface area contributed by atoms with Gasteiger partial charge in [-0.1, -0.05) is 6.07 Å². The van der Waals surface area contributed by atoms with Crippen molar-refractivity contribution in [3.8, 4) is 6.07 Å². The van der Waals surface area contributed by atoms with Gasteiger partial charge in [-0.15, -0.1) is 11.3 Å². The molecule has 102 valence electrons. The lowest BCUT2D eigenvalue weighted by molar-refractivity contribution is -0.384. The van der Waals surface area contributed by atoms with Gasteiger partial charge in [-0.3, -0.25) is 10.1 Å². The third kappa shape index (κ3) is 3.33. The molecule has 0 saturated carbocycles. The lowest BCUT2D eigenvalue weighted by atomic mass is 10.1. The van der Waals surface area contributed by atoms with Crippen molar-refractivity contribution in [3.05, 3.63) is 56.3 Å². The van der Waals surface area contributed by atoms with Crippen molar-refractivity contribution < 1.29 is 4.92 Å². The summed E-state index contributed by atoms with van der Waals surface area (Å²) in [6.45, 7) is 1.96. The predicted octanol–water partition coefficient (Wildman–Crippen LogP) is 3.57. The Kier molecular flexibility index (Phi) is 4.33. The molecule has 1 atom stereocenters. The molecule has 0 fully saturated rings. The average Bonchev–Trinajstić information content (AvgIpc) is 2.90. The van der Waals surface area contributed by atoms with Gasteiger partial charge in [-0.25, -0.2) is 0 Å². The Balaban J connectivity index is 2.18. The molecular formula is C14H13N3O2S. The van der Waals surface area contributed by atoms with Gasteiger partial charge >= 0.3 is 0 Å². The second-order valence-corrected chi connectivity index (χ2v) is 5.46. The molecule has 2 aromatic rings. The van der Waals surface area contributed by atoms with Crippen molar-refractivity contribution in [2.24, 2.45) is 0 Å². The van der Waals surface area contributed by atoms with Crippen LogP contribution in [0.15, 0.2) is 35.7 Å². The van der Waals surface area contributed by atoms with Crippen LogP contribution in [0.2, 0.25) is 0 Å². The normalized spacial score (nSPS) is 11.6. The Labute approximate surface area is 120 Å². The molecule has 0 aliphatic heterocycles. The van der Waals surface area contributed by atoms with Crippen LogP contribution in [0.25, 0.3) is 0 Å². The highest BCUT2D eigenvalue weighted by molar-refractivity contribution is 7.09. The Hall–Kier alpha value is -2.39. The fraction of sp³-hybridized carbons (Fsp3) is 0.214. The van der Waals surface area contributed by atoms with E-state index in [0.29, 0.717) is 11.3 Å². The van der Waals surface area contributed by atoms with Crippen molar-refractivity contribution in [2.75, 3.05) is 5.32 Å². The third-order valence-corrected chi connectivity index (χ3v) is 3.71. The van der Waals surface area contributed by atoms with Crippen molar-refractivity contribution in [3.63, 3.8) is 0 Å². The molecule has 0 aliphatic rings. The van der Waals surface area contributed by atoms with Crippen LogP contribution in [0.4, 0.5) is 11.4 Å². The van der Waals surface area contributed by atoms with E-state index in [1.165, 1.54) is 23.1 Å². The van der Waals surface area contributed by atoms with Crippen LogP contribution in [0.1, 0.15) is 17.4 Å². The lowest BCUT2D eigenvalue weighted by Crippen LogP contribution is -2.18. The van der Waals surface area contributed by atoms with Gasteiger partial charge < -0.3 is 5.32 Å². The zero-order chi connectivity index (χ0) is 14.5. The molecule has 0 bridgehead atoms. The van der Waals surface area contributed by atoms with Gasteiger partial charge in [0.1, 0.15) is 5.69 Å². The molecule has 1 aromatic heterocycles. The van der Waals surface area contributed by atoms with Crippen LogP contribution in [0, 0.1) is 21.4 Å². The van der Waals surface area contributed by atoms with E-state index in [1.807, 2.05) is 30.5 Å². The maximum absolute atomic E-state index is 11.0. The number of nitriles is 1. The van der Waals surface area contributed by atoms with Crippen molar-refractivity contribution >= 4 is 22.7 Å². The molecular weight excluding hydrogens is 274 g/mol. The van der Waals surface area contributed by atoms with Gasteiger partial charge in [0.15, 0.2) is 0 Å². The largest absolute Gasteiger partial charge is 0.377 e. The van der Waals surface area contributed by atoms with E-state index >= 15 is 0 Å². The maximum Gasteiger partial charge on any atom is 0.292 e. The van der Waals surface area contributed by atoms with E-state index in [2.05, 4.69) is 5.32 Å². The van der Waals surface area contributed by atoms with Gasteiger partial charge in [-0.05, 0) is 30.5 Å². The van der Waals surface area contributed by atoms with E-state index in [9.17, 15) is 10.1 Å². The molecule has 0 spiro atoms. The first-order chi connectivity index (χ1) is 9.60. The summed E-state index contributed by atoms with van der Waals surface area (Å²) < 4.78 is 0. The minimum atomic E-state index is -0.443. The number of hydrogen-bond acceptors (Lipinski definition) is 5. The lowest BCUT2D eigenvalue weighted by Gasteiger charge is -2.14. The first kappa shape index (κ1) is 14.0. The molecule has 1 unspecified atom stereocenters. The Morgan fingerprint density at radius 1 is 1.50 bits per heavy atom. The highest BCUT2D eigenvalue weighted by Gasteiger charge is 2.16. The van der Waals surface area contributed by atoms with Gasteiger partial charge in [0.05, 0.1) is 16.6 Å². The number of anilines is 1. The second-order valence-electron chi connectivity index (χ2n) is 4.43. The zero-order valence-corrected chi connectivity index (χ0v) is 11.7. The fourth-order valence-corrected chi connectivity index (χ4v) is 2.76. The summed E-state index contributed by atoms with van der Waals surface area (Å²) in [6, 6.07) is 10.4. The quantitative estimate of drug-likeness (QED) is 0.673. The zero-order valence-electron chi connectivity index (χ0n) is 10.9. The van der Waals surface area contributed by atoms with Gasteiger partial charge in [-0.2, -0.15) is 5.26 Å². The molecule has 1 heterocycles. The summed E-state index contributed by atoms with van der Waals surface area (Å²) in [5, 5.41) is 25.0. The highest BCUT2D eigenvalue weighted by Crippen LogP contribution is 2.26. The smallest absolute Gasteiger partial charge is 0.292 e. The van der Waals surface area contributed by atoms with E-state index in [0.717, 1.165) is 6.42 Å². The number of nitro benzene ring substituents is 1. The molecule has 5 nitrogen and oxygen atoms in total. The van der Waals surface area contributed by atoms with Crippen LogP contribution >= 0.6 is 11.3 Å². The van der Waals surface area contributed by atoms with Crippen LogP contribution in [0.5, 0.6) is 0 Å². The molecule has 0 saturated heterocycles. The monoisotopic (exact) mass is 287 g/mol. The number of rotatable bonds is 5. The van der Waals surface area contributed by atoms with Crippen LogP contribution in [-0.2, 0) is 6.42 Å². The standard InChI is InChI=1S/C14H13N3O2S/c1-10(7-12-3-2-6-20-12)16-13-8-11(9-15)4-5-14(13)17(18)19/h2-6,8,10,16H,7H2,1H3. The SMILES string of the molecule is CC(Cc1cccs1)Nc1cc(C#N)ccc1[N+](=O)[O-]. The highest BCUT2D eigenvalue weighted by atomic mass is 32.1. The fourth-order valence-electron chi connectivity index (χ4n) is 1.93. The van der Waals surface area contributed by atoms with Gasteiger partial charge in [0, 0.05) is 23.4 Å². The van der Waals surface area contributed by atoms with Gasteiger partial charge in [0.2, 0.25) is 0 Å². The Bertz CT molecular complexity index is 647. The maximum atomic E-state index is 11.0. The van der Waals surface area contributed by atoms with E-state index in [1.54, 1.807) is 11.3 Å². The summed E-state index contributed by atoms with van der Waals surface area (Å²) in [7, 11) is 0. The average molecular weight is 287 g/mol. The minimum absolute atomic E-state index is 0.0120. The van der Waals surface area contributed by atoms with Crippen molar-refractivity contribution in [1.82, 2.24) is 0 Å². The molecule has 1 aromatic carbocycles. The number of nitrogens with one attached hydrogen (secondary N) is 1. The molecule has 6 heteroatoms. The third-order valence-electron chi connectivity index (χ3n) is 2.81. The molecule has 20 heavy (non-hydrogen) atoms. The molecule has 1 N–H and O–H groups in total. The van der Waals surface area contributed by atoms with E-state index < -0.39 is 4.92 Å². The van der Waals surface area contributed by atoms with Crippen molar-refractivity contribution in [2.45, 2.75) is 19.4 Å². The van der Waals surface area contributed by atoms with Crippen LogP contribution in [-0.4, -0.2) is 11.0 Å². The number of hydrogen-bond donors (Lipinski definition) is 1. The minimum Gasteiger partial charge on any atom is -0.377 e. The Morgan fingerprint density at radius 2 is 2.30 bits per heavy atom. The number of nitro groups is 1. The molecule has 0 radical (unpaired) electrons. The molecule has 2 rings (SSSR count). The number of nitrogens with zero attached hydrogens (tertiary/aromatic N) is 2.